The fourth-order valence-corrected chi connectivity index (χ4v) is 14.3. The molecule has 0 radical (unpaired) electrons. The van der Waals surface area contributed by atoms with Gasteiger partial charge in [-0.2, -0.15) is 0 Å². The maximum atomic E-state index is 13.5. The molecule has 3 saturated heterocycles. The quantitative estimate of drug-likeness (QED) is 0.0199. The third kappa shape index (κ3) is 49.1. The van der Waals surface area contributed by atoms with E-state index in [2.05, 4.69) is 141 Å². The van der Waals surface area contributed by atoms with Gasteiger partial charge in [-0.1, -0.05) is 347 Å². The standard InChI is InChI=1S/C92H159NO18/c1-3-5-7-9-11-13-15-17-19-21-23-25-27-29-31-33-35-37-39-41-43-45-47-49-51-53-55-57-59-61-63-65-67-69-76(97)75(74-106-90-86(104)83(101)88(78(72-95)108-90)111-92-87(105)84(102)89(79(73-96)109-92)110-91-85(103)82(100)81(99)77(71-94)107-91)93-80(98)70-68-66-64-62-60-58-56-54-52-50-48-46-44-42-40-38-36-34-32-30-28-26-24-22-20-18-16-14-12-10-8-6-4-2/h6,8,12,14,18,20,24,26,30,32,36,38,42,44,48,50,54,56,60,62,75-79,81-92,94-97,99-105H,3-5,7,9-11,13,15-17,19,21-23,25,27-29,31,33-35,37,39-41,43,45-47,49,51-53,55,57-59,61,63-74H2,1-2H3,(H,93,98)/b8-6-,14-12-,20-18-,26-24-,32-30-,38-36-,44-42-,50-48-,56-54-,62-60-. The zero-order valence-corrected chi connectivity index (χ0v) is 68.9. The summed E-state index contributed by atoms with van der Waals surface area (Å²) in [5.41, 5.74) is 0. The number of rotatable bonds is 70. The van der Waals surface area contributed by atoms with Gasteiger partial charge in [0.25, 0.3) is 0 Å². The number of unbranched alkanes of at least 4 members (excludes halogenated alkanes) is 34. The third-order valence-corrected chi connectivity index (χ3v) is 21.3. The van der Waals surface area contributed by atoms with E-state index in [4.69, 9.17) is 28.4 Å². The Balaban J connectivity index is 1.36. The monoisotopic (exact) mass is 1570 g/mol. The average molecular weight is 1570 g/mol. The van der Waals surface area contributed by atoms with Crippen LogP contribution in [0.1, 0.15) is 322 Å². The third-order valence-electron chi connectivity index (χ3n) is 21.3. The number of amides is 1. The van der Waals surface area contributed by atoms with E-state index >= 15 is 0 Å². The topological polar surface area (TPSA) is 307 Å². The molecule has 3 heterocycles. The van der Waals surface area contributed by atoms with Crippen molar-refractivity contribution in [1.82, 2.24) is 5.32 Å². The molecule has 3 aliphatic heterocycles. The highest BCUT2D eigenvalue weighted by molar-refractivity contribution is 5.76. The smallest absolute Gasteiger partial charge is 0.220 e. The molecule has 111 heavy (non-hydrogen) atoms. The van der Waals surface area contributed by atoms with Gasteiger partial charge in [0, 0.05) is 6.42 Å². The van der Waals surface area contributed by atoms with Crippen molar-refractivity contribution >= 4 is 5.91 Å². The maximum Gasteiger partial charge on any atom is 0.220 e. The molecule has 0 aromatic rings. The van der Waals surface area contributed by atoms with Crippen LogP contribution in [-0.4, -0.2) is 193 Å². The van der Waals surface area contributed by atoms with Crippen molar-refractivity contribution < 1.29 is 89.4 Å². The Labute approximate surface area is 671 Å². The van der Waals surface area contributed by atoms with Crippen LogP contribution in [0, 0.1) is 0 Å². The van der Waals surface area contributed by atoms with Crippen molar-refractivity contribution in [3.63, 3.8) is 0 Å². The molecule has 0 saturated carbocycles. The predicted molar refractivity (Wildman–Crippen MR) is 447 cm³/mol. The summed E-state index contributed by atoms with van der Waals surface area (Å²) < 4.78 is 34.5. The lowest BCUT2D eigenvalue weighted by Gasteiger charge is -2.48. The summed E-state index contributed by atoms with van der Waals surface area (Å²) in [7, 11) is 0. The summed E-state index contributed by atoms with van der Waals surface area (Å²) in [5, 5.41) is 121. The SMILES string of the molecule is CC/C=C\C/C=C\C/C=C\C/C=C\C/C=C\C/C=C\C/C=C\C/C=C\C/C=C\C/C=C\CCCCC(=O)NC(COC1OC(CO)C(OC2OC(CO)C(OC3OC(CO)C(O)C(O)C3O)C(O)C2O)C(O)C1O)C(O)CCCCCCCCCCCCCCCCCCCCCCCCCCCCCCCCCCC. The van der Waals surface area contributed by atoms with Gasteiger partial charge < -0.3 is 89.9 Å². The molecule has 3 rings (SSSR count). The molecule has 0 aliphatic carbocycles. The van der Waals surface area contributed by atoms with E-state index in [1.165, 1.54) is 186 Å². The minimum Gasteiger partial charge on any atom is -0.394 e. The van der Waals surface area contributed by atoms with E-state index in [-0.39, 0.29) is 18.9 Å². The molecular formula is C92H159NO18. The molecule has 0 aromatic carbocycles. The molecule has 1 amide bonds. The van der Waals surface area contributed by atoms with Gasteiger partial charge in [-0.25, -0.2) is 0 Å². The summed E-state index contributed by atoms with van der Waals surface area (Å²) in [4.78, 5) is 13.5. The van der Waals surface area contributed by atoms with E-state index in [1.807, 2.05) is 0 Å². The number of aliphatic hydroxyl groups is 11. The number of carbonyl (C=O) groups is 1. The zero-order valence-electron chi connectivity index (χ0n) is 68.9. The normalized spacial score (nSPS) is 25.6. The second-order valence-electron chi connectivity index (χ2n) is 31.0. The Morgan fingerprint density at radius 2 is 0.622 bits per heavy atom. The van der Waals surface area contributed by atoms with Crippen LogP contribution < -0.4 is 5.32 Å². The first-order valence-corrected chi connectivity index (χ1v) is 44.3. The highest BCUT2D eigenvalue weighted by Crippen LogP contribution is 2.33. The number of allylic oxidation sites excluding steroid dienone is 20. The largest absolute Gasteiger partial charge is 0.394 e. The van der Waals surface area contributed by atoms with Crippen LogP contribution in [0.15, 0.2) is 122 Å². The number of aliphatic hydroxyl groups excluding tert-OH is 11. The van der Waals surface area contributed by atoms with Crippen LogP contribution in [-0.2, 0) is 33.2 Å². The Morgan fingerprint density at radius 1 is 0.333 bits per heavy atom. The first-order valence-electron chi connectivity index (χ1n) is 44.3. The second kappa shape index (κ2) is 70.4. The predicted octanol–water partition coefficient (Wildman–Crippen LogP) is 16.6. The lowest BCUT2D eigenvalue weighted by molar-refractivity contribution is -0.379. The van der Waals surface area contributed by atoms with Gasteiger partial charge in [0.2, 0.25) is 5.91 Å². The van der Waals surface area contributed by atoms with Gasteiger partial charge in [-0.15, -0.1) is 0 Å². The molecule has 17 unspecified atom stereocenters. The van der Waals surface area contributed by atoms with Crippen molar-refractivity contribution in [3.05, 3.63) is 122 Å². The summed E-state index contributed by atoms with van der Waals surface area (Å²) in [6.07, 6.45) is 73.0. The van der Waals surface area contributed by atoms with E-state index in [0.717, 1.165) is 96.3 Å². The van der Waals surface area contributed by atoms with Gasteiger partial charge in [-0.05, 0) is 89.9 Å². The Morgan fingerprint density at radius 3 is 0.955 bits per heavy atom. The van der Waals surface area contributed by atoms with Crippen LogP contribution in [0.3, 0.4) is 0 Å². The van der Waals surface area contributed by atoms with Gasteiger partial charge in [0.05, 0.1) is 38.6 Å². The second-order valence-corrected chi connectivity index (χ2v) is 31.0. The van der Waals surface area contributed by atoms with Crippen LogP contribution in [0.4, 0.5) is 0 Å². The maximum absolute atomic E-state index is 13.5. The van der Waals surface area contributed by atoms with Crippen molar-refractivity contribution in [3.8, 4) is 0 Å². The summed E-state index contributed by atoms with van der Waals surface area (Å²) in [5.74, 6) is -0.286. The molecule has 19 nitrogen and oxygen atoms in total. The fraction of sp³-hybridized carbons (Fsp3) is 0.772. The van der Waals surface area contributed by atoms with Crippen LogP contribution in [0.5, 0.6) is 0 Å². The molecule has 17 atom stereocenters. The Hall–Kier alpha value is -3.81. The minimum atomic E-state index is -1.98. The summed E-state index contributed by atoms with van der Waals surface area (Å²) >= 11 is 0. The zero-order chi connectivity index (χ0) is 80.3. The van der Waals surface area contributed by atoms with Crippen molar-refractivity contribution in [2.24, 2.45) is 0 Å². The van der Waals surface area contributed by atoms with Crippen molar-refractivity contribution in [2.45, 2.75) is 426 Å². The molecule has 3 fully saturated rings. The van der Waals surface area contributed by atoms with Gasteiger partial charge >= 0.3 is 0 Å². The van der Waals surface area contributed by atoms with Gasteiger partial charge in [-0.3, -0.25) is 4.79 Å². The van der Waals surface area contributed by atoms with Gasteiger partial charge in [0.15, 0.2) is 18.9 Å². The molecule has 19 heteroatoms. The highest BCUT2D eigenvalue weighted by atomic mass is 16.8. The van der Waals surface area contributed by atoms with Crippen molar-refractivity contribution in [2.75, 3.05) is 26.4 Å². The van der Waals surface area contributed by atoms with E-state index in [1.54, 1.807) is 0 Å². The molecule has 3 aliphatic rings. The molecule has 0 aromatic heterocycles. The molecule has 640 valence electrons. The molecular weight excluding hydrogens is 1410 g/mol. The number of nitrogens with one attached hydrogen (secondary N) is 1. The van der Waals surface area contributed by atoms with Gasteiger partial charge in [0.1, 0.15) is 73.2 Å². The van der Waals surface area contributed by atoms with Crippen LogP contribution in [0.25, 0.3) is 0 Å². The van der Waals surface area contributed by atoms with E-state index < -0.39 is 124 Å². The Bertz CT molecular complexity index is 2480. The highest BCUT2D eigenvalue weighted by Gasteiger charge is 2.54. The lowest BCUT2D eigenvalue weighted by Crippen LogP contribution is -2.66. The number of carbonyl (C=O) groups excluding carboxylic acids is 1. The number of hydrogen-bond donors (Lipinski definition) is 12. The molecule has 0 bridgehead atoms. The van der Waals surface area contributed by atoms with Crippen molar-refractivity contribution in [1.29, 1.82) is 0 Å². The van der Waals surface area contributed by atoms with Crippen LogP contribution in [0.2, 0.25) is 0 Å². The van der Waals surface area contributed by atoms with E-state index in [0.29, 0.717) is 19.3 Å². The first kappa shape index (κ1) is 101. The summed E-state index contributed by atoms with van der Waals surface area (Å²) in [6, 6.07) is -0.923. The lowest BCUT2D eigenvalue weighted by atomic mass is 9.96. The Kier molecular flexibility index (Phi) is 64.3. The molecule has 12 N–H and O–H groups in total. The number of hydrogen-bond acceptors (Lipinski definition) is 18. The first-order chi connectivity index (χ1) is 54.3. The summed E-state index contributed by atoms with van der Waals surface area (Å²) in [6.45, 7) is 1.69. The average Bonchev–Trinajstić information content (AvgIpc) is 0.780. The molecule has 0 spiro atoms. The van der Waals surface area contributed by atoms with E-state index in [9.17, 15) is 61.0 Å². The minimum absolute atomic E-state index is 0.203. The van der Waals surface area contributed by atoms with Crippen LogP contribution >= 0.6 is 0 Å². The number of ether oxygens (including phenoxy) is 6. The fourth-order valence-electron chi connectivity index (χ4n) is 14.3.